The first-order valence-corrected chi connectivity index (χ1v) is 7.41. The van der Waals surface area contributed by atoms with Gasteiger partial charge in [-0.3, -0.25) is 5.32 Å². The maximum atomic E-state index is 11.7. The van der Waals surface area contributed by atoms with Crippen molar-refractivity contribution in [3.8, 4) is 5.75 Å². The molecule has 2 aromatic carbocycles. The molecule has 0 radical (unpaired) electrons. The number of hydrogen-bond donors (Lipinski definition) is 1. The third-order valence-electron chi connectivity index (χ3n) is 3.22. The highest BCUT2D eigenvalue weighted by molar-refractivity contribution is 5.86. The molecule has 3 nitrogen and oxygen atoms in total. The molecule has 0 saturated heterocycles. The van der Waals surface area contributed by atoms with Gasteiger partial charge >= 0.3 is 6.09 Å². The van der Waals surface area contributed by atoms with Gasteiger partial charge in [0.25, 0.3) is 0 Å². The molecule has 0 heterocycles. The van der Waals surface area contributed by atoms with E-state index in [-0.39, 0.29) is 0 Å². The highest BCUT2D eigenvalue weighted by atomic mass is 16.6. The predicted octanol–water partition coefficient (Wildman–Crippen LogP) is 5.03. The number of anilines is 1. The van der Waals surface area contributed by atoms with Crippen molar-refractivity contribution in [1.29, 1.82) is 0 Å². The van der Waals surface area contributed by atoms with Crippen molar-refractivity contribution in [3.05, 3.63) is 60.2 Å². The number of hydrogen-bond acceptors (Lipinski definition) is 2. The average molecular weight is 283 g/mol. The molecule has 0 aliphatic rings. The van der Waals surface area contributed by atoms with Crippen molar-refractivity contribution in [2.24, 2.45) is 0 Å². The van der Waals surface area contributed by atoms with Crippen LogP contribution in [0, 0.1) is 0 Å². The third kappa shape index (κ3) is 5.30. The number of rotatable bonds is 6. The molecule has 0 aliphatic heterocycles. The van der Waals surface area contributed by atoms with Crippen molar-refractivity contribution >= 4 is 11.8 Å². The van der Waals surface area contributed by atoms with Crippen LogP contribution in [0.5, 0.6) is 5.75 Å². The van der Waals surface area contributed by atoms with Crippen molar-refractivity contribution in [2.45, 2.75) is 32.6 Å². The maximum absolute atomic E-state index is 11.7. The van der Waals surface area contributed by atoms with E-state index in [4.69, 9.17) is 4.74 Å². The summed E-state index contributed by atoms with van der Waals surface area (Å²) in [5, 5.41) is 2.69. The van der Waals surface area contributed by atoms with Gasteiger partial charge in [0, 0.05) is 5.69 Å². The molecular weight excluding hydrogens is 262 g/mol. The van der Waals surface area contributed by atoms with E-state index in [1.165, 1.54) is 24.8 Å². The van der Waals surface area contributed by atoms with Crippen LogP contribution >= 0.6 is 0 Å². The average Bonchev–Trinajstić information content (AvgIpc) is 2.50. The second kappa shape index (κ2) is 8.10. The van der Waals surface area contributed by atoms with Crippen molar-refractivity contribution < 1.29 is 9.53 Å². The van der Waals surface area contributed by atoms with Crippen LogP contribution in [0.15, 0.2) is 54.6 Å². The van der Waals surface area contributed by atoms with Crippen LogP contribution in [-0.2, 0) is 6.42 Å². The van der Waals surface area contributed by atoms with Crippen LogP contribution in [0.1, 0.15) is 31.7 Å². The summed E-state index contributed by atoms with van der Waals surface area (Å²) in [6.45, 7) is 2.20. The fourth-order valence-corrected chi connectivity index (χ4v) is 2.08. The first kappa shape index (κ1) is 15.1. The first-order valence-electron chi connectivity index (χ1n) is 7.41. The molecule has 0 unspecified atom stereocenters. The Kier molecular flexibility index (Phi) is 5.83. The molecule has 3 heteroatoms. The summed E-state index contributed by atoms with van der Waals surface area (Å²) in [5.41, 5.74) is 2.00. The van der Waals surface area contributed by atoms with Gasteiger partial charge in [-0.2, -0.15) is 0 Å². The SMILES string of the molecule is CCCCCc1ccc(OC(=O)Nc2ccccc2)cc1. The zero-order chi connectivity index (χ0) is 14.9. The van der Waals surface area contributed by atoms with Gasteiger partial charge in [-0.25, -0.2) is 4.79 Å². The monoisotopic (exact) mass is 283 g/mol. The van der Waals surface area contributed by atoms with Gasteiger partial charge in [-0.05, 0) is 42.7 Å². The second-order valence-corrected chi connectivity index (χ2v) is 4.98. The van der Waals surface area contributed by atoms with Crippen molar-refractivity contribution in [1.82, 2.24) is 0 Å². The van der Waals surface area contributed by atoms with Crippen molar-refractivity contribution in [3.63, 3.8) is 0 Å². The summed E-state index contributed by atoms with van der Waals surface area (Å²) >= 11 is 0. The Hall–Kier alpha value is -2.29. The Morgan fingerprint density at radius 2 is 1.71 bits per heavy atom. The van der Waals surface area contributed by atoms with Crippen molar-refractivity contribution in [2.75, 3.05) is 5.32 Å². The lowest BCUT2D eigenvalue weighted by Crippen LogP contribution is -2.16. The van der Waals surface area contributed by atoms with E-state index in [9.17, 15) is 4.79 Å². The van der Waals surface area contributed by atoms with Gasteiger partial charge in [0.15, 0.2) is 0 Å². The Labute approximate surface area is 126 Å². The molecule has 2 rings (SSSR count). The Bertz CT molecular complexity index is 549. The number of carbonyl (C=O) groups is 1. The van der Waals surface area contributed by atoms with E-state index >= 15 is 0 Å². The van der Waals surface area contributed by atoms with Crippen LogP contribution in [0.2, 0.25) is 0 Å². The number of aryl methyl sites for hydroxylation is 1. The summed E-state index contributed by atoms with van der Waals surface area (Å²) in [5.74, 6) is 0.558. The summed E-state index contributed by atoms with van der Waals surface area (Å²) in [6.07, 6.45) is 4.27. The number of nitrogens with one attached hydrogen (secondary N) is 1. The number of para-hydroxylation sites is 1. The normalized spacial score (nSPS) is 10.1. The van der Waals surface area contributed by atoms with Gasteiger partial charge in [-0.1, -0.05) is 50.1 Å². The van der Waals surface area contributed by atoms with Gasteiger partial charge in [0.1, 0.15) is 5.75 Å². The molecule has 0 aromatic heterocycles. The molecule has 21 heavy (non-hydrogen) atoms. The molecule has 1 N–H and O–H groups in total. The Morgan fingerprint density at radius 3 is 2.38 bits per heavy atom. The van der Waals surface area contributed by atoms with E-state index < -0.39 is 6.09 Å². The zero-order valence-electron chi connectivity index (χ0n) is 12.3. The largest absolute Gasteiger partial charge is 0.417 e. The molecule has 2 aromatic rings. The highest BCUT2D eigenvalue weighted by Crippen LogP contribution is 2.15. The number of carbonyl (C=O) groups excluding carboxylic acids is 1. The number of ether oxygens (including phenoxy) is 1. The fraction of sp³-hybridized carbons (Fsp3) is 0.278. The molecule has 0 saturated carbocycles. The lowest BCUT2D eigenvalue weighted by atomic mass is 10.1. The lowest BCUT2D eigenvalue weighted by Gasteiger charge is -2.07. The standard InChI is InChI=1S/C18H21NO2/c1-2-3-5-8-15-11-13-17(14-12-15)21-18(20)19-16-9-6-4-7-10-16/h4,6-7,9-14H,2-3,5,8H2,1H3,(H,19,20). The quantitative estimate of drug-likeness (QED) is 0.755. The topological polar surface area (TPSA) is 38.3 Å². The number of unbranched alkanes of at least 4 members (excludes halogenated alkanes) is 2. The molecule has 0 spiro atoms. The zero-order valence-corrected chi connectivity index (χ0v) is 12.3. The summed E-state index contributed by atoms with van der Waals surface area (Å²) in [6, 6.07) is 17.0. The van der Waals surface area contributed by atoms with Gasteiger partial charge < -0.3 is 4.74 Å². The Balaban J connectivity index is 1.83. The van der Waals surface area contributed by atoms with Gasteiger partial charge in [0.05, 0.1) is 0 Å². The predicted molar refractivity (Wildman–Crippen MR) is 85.8 cm³/mol. The molecule has 0 fully saturated rings. The van der Waals surface area contributed by atoms with Crippen LogP contribution in [0.3, 0.4) is 0 Å². The van der Waals surface area contributed by atoms with Crippen LogP contribution in [0.4, 0.5) is 10.5 Å². The molecule has 0 bridgehead atoms. The molecule has 1 amide bonds. The minimum Gasteiger partial charge on any atom is -0.410 e. The van der Waals surface area contributed by atoms with Gasteiger partial charge in [0.2, 0.25) is 0 Å². The van der Waals surface area contributed by atoms with Crippen LogP contribution in [-0.4, -0.2) is 6.09 Å². The lowest BCUT2D eigenvalue weighted by molar-refractivity contribution is 0.215. The first-order chi connectivity index (χ1) is 10.3. The van der Waals surface area contributed by atoms with E-state index in [1.54, 1.807) is 0 Å². The summed E-state index contributed by atoms with van der Waals surface area (Å²) in [4.78, 5) is 11.7. The minimum absolute atomic E-state index is 0.472. The molecule has 110 valence electrons. The number of amides is 1. The highest BCUT2D eigenvalue weighted by Gasteiger charge is 2.04. The summed E-state index contributed by atoms with van der Waals surface area (Å²) in [7, 11) is 0. The van der Waals surface area contributed by atoms with E-state index in [0.717, 1.165) is 12.1 Å². The Morgan fingerprint density at radius 1 is 1.00 bits per heavy atom. The molecule has 0 aliphatic carbocycles. The van der Waals surface area contributed by atoms with Crippen LogP contribution in [0.25, 0.3) is 0 Å². The van der Waals surface area contributed by atoms with E-state index in [0.29, 0.717) is 5.75 Å². The third-order valence-corrected chi connectivity index (χ3v) is 3.22. The van der Waals surface area contributed by atoms with Crippen LogP contribution < -0.4 is 10.1 Å². The smallest absolute Gasteiger partial charge is 0.410 e. The molecular formula is C18H21NO2. The minimum atomic E-state index is -0.472. The fourth-order valence-electron chi connectivity index (χ4n) is 2.08. The van der Waals surface area contributed by atoms with Gasteiger partial charge in [-0.15, -0.1) is 0 Å². The maximum Gasteiger partial charge on any atom is 0.417 e. The van der Waals surface area contributed by atoms with E-state index in [2.05, 4.69) is 12.2 Å². The molecule has 0 atom stereocenters. The summed E-state index contributed by atoms with van der Waals surface area (Å²) < 4.78 is 5.25. The number of benzene rings is 2. The van der Waals surface area contributed by atoms with E-state index in [1.807, 2.05) is 54.6 Å². The second-order valence-electron chi connectivity index (χ2n) is 4.98.